The molecule has 8 heteroatoms. The maximum atomic E-state index is 12.5. The summed E-state index contributed by atoms with van der Waals surface area (Å²) in [6.45, 7) is 4.63. The highest BCUT2D eigenvalue weighted by Crippen LogP contribution is 2.28. The Morgan fingerprint density at radius 1 is 0.926 bits per heavy atom. The van der Waals surface area contributed by atoms with E-state index >= 15 is 0 Å². The number of hydrogen-bond donors (Lipinski definition) is 0. The molecule has 0 bridgehead atoms. The van der Waals surface area contributed by atoms with Crippen molar-refractivity contribution in [2.24, 2.45) is 0 Å². The third-order valence-electron chi connectivity index (χ3n) is 5.18. The Balaban J connectivity index is 1.48. The number of piperazine rings is 2. The van der Waals surface area contributed by atoms with Crippen LogP contribution in [0.1, 0.15) is 6.42 Å². The molecular formula is C19H26N4O4. The van der Waals surface area contributed by atoms with Gasteiger partial charge in [0.15, 0.2) is 0 Å². The number of carbonyl (C=O) groups is 3. The molecule has 2 saturated heterocycles. The number of anilines is 1. The maximum absolute atomic E-state index is 12.5. The molecule has 3 rings (SSSR count). The van der Waals surface area contributed by atoms with Crippen molar-refractivity contribution < 1.29 is 19.1 Å². The van der Waals surface area contributed by atoms with E-state index in [-0.39, 0.29) is 18.2 Å². The molecule has 3 amide bonds. The normalized spacial score (nSPS) is 17.7. The number of rotatable bonds is 5. The summed E-state index contributed by atoms with van der Waals surface area (Å²) in [6.07, 6.45) is 0.698. The second-order valence-electron chi connectivity index (χ2n) is 6.74. The van der Waals surface area contributed by atoms with Crippen LogP contribution in [-0.4, -0.2) is 92.4 Å². The van der Waals surface area contributed by atoms with Gasteiger partial charge in [-0.1, -0.05) is 12.1 Å². The summed E-state index contributed by atoms with van der Waals surface area (Å²) in [7, 11) is 1.65. The van der Waals surface area contributed by atoms with E-state index in [9.17, 15) is 14.4 Å². The zero-order valence-electron chi connectivity index (χ0n) is 15.7. The van der Waals surface area contributed by atoms with E-state index in [1.807, 2.05) is 24.3 Å². The average Bonchev–Trinajstić information content (AvgIpc) is 2.73. The van der Waals surface area contributed by atoms with E-state index in [1.165, 1.54) is 0 Å². The molecule has 0 N–H and O–H groups in total. The van der Waals surface area contributed by atoms with E-state index in [0.29, 0.717) is 52.4 Å². The Morgan fingerprint density at radius 3 is 2.04 bits per heavy atom. The first-order valence-electron chi connectivity index (χ1n) is 9.25. The fraction of sp³-hybridized carbons (Fsp3) is 0.526. The lowest BCUT2D eigenvalue weighted by Gasteiger charge is -2.37. The highest BCUT2D eigenvalue weighted by Gasteiger charge is 2.27. The number of ether oxygens (including phenoxy) is 1. The molecule has 8 nitrogen and oxygen atoms in total. The number of hydrogen-bond acceptors (Lipinski definition) is 5. The molecule has 27 heavy (non-hydrogen) atoms. The van der Waals surface area contributed by atoms with Gasteiger partial charge in [0.1, 0.15) is 12.2 Å². The molecule has 0 unspecified atom stereocenters. The third kappa shape index (κ3) is 4.50. The lowest BCUT2D eigenvalue weighted by molar-refractivity contribution is -0.142. The van der Waals surface area contributed by atoms with Crippen LogP contribution in [0.25, 0.3) is 0 Å². The largest absolute Gasteiger partial charge is 0.495 e. The second kappa shape index (κ2) is 8.75. The zero-order chi connectivity index (χ0) is 19.2. The molecule has 0 atom stereocenters. The molecule has 1 aromatic carbocycles. The lowest BCUT2D eigenvalue weighted by atomic mass is 10.2. The first kappa shape index (κ1) is 19.0. The molecule has 0 spiro atoms. The van der Waals surface area contributed by atoms with Crippen LogP contribution >= 0.6 is 0 Å². The highest BCUT2D eigenvalue weighted by atomic mass is 16.5. The van der Waals surface area contributed by atoms with Crippen LogP contribution in [0.5, 0.6) is 5.75 Å². The monoisotopic (exact) mass is 374 g/mol. The topological polar surface area (TPSA) is 73.4 Å². The minimum atomic E-state index is -0.155. The van der Waals surface area contributed by atoms with E-state index < -0.39 is 0 Å². The first-order valence-corrected chi connectivity index (χ1v) is 9.25. The van der Waals surface area contributed by atoms with Gasteiger partial charge in [0.05, 0.1) is 12.8 Å². The standard InChI is InChI=1S/C19H26N4O4/c1-27-17-5-3-2-4-16(17)21-10-12-23(13-11-21)19(26)14-18(25)22-8-6-20(15-24)7-9-22/h2-5,15H,6-14H2,1H3. The molecule has 0 aromatic heterocycles. The Bertz CT molecular complexity index is 680. The van der Waals surface area contributed by atoms with E-state index in [2.05, 4.69) is 4.90 Å². The van der Waals surface area contributed by atoms with Crippen molar-refractivity contribution in [1.82, 2.24) is 14.7 Å². The van der Waals surface area contributed by atoms with Crippen molar-refractivity contribution in [3.63, 3.8) is 0 Å². The van der Waals surface area contributed by atoms with Crippen LogP contribution < -0.4 is 9.64 Å². The minimum Gasteiger partial charge on any atom is -0.495 e. The highest BCUT2D eigenvalue weighted by molar-refractivity contribution is 5.97. The molecule has 146 valence electrons. The number of methoxy groups -OCH3 is 1. The van der Waals surface area contributed by atoms with Crippen molar-refractivity contribution in [3.05, 3.63) is 24.3 Å². The quantitative estimate of drug-likeness (QED) is 0.537. The van der Waals surface area contributed by atoms with Gasteiger partial charge in [-0.05, 0) is 12.1 Å². The fourth-order valence-electron chi connectivity index (χ4n) is 3.52. The molecule has 2 aliphatic heterocycles. The Labute approximate surface area is 159 Å². The van der Waals surface area contributed by atoms with Crippen LogP contribution in [0.3, 0.4) is 0 Å². The van der Waals surface area contributed by atoms with Gasteiger partial charge < -0.3 is 24.3 Å². The summed E-state index contributed by atoms with van der Waals surface area (Å²) >= 11 is 0. The Kier molecular flexibility index (Phi) is 6.16. The van der Waals surface area contributed by atoms with Gasteiger partial charge in [-0.3, -0.25) is 14.4 Å². The SMILES string of the molecule is COc1ccccc1N1CCN(C(=O)CC(=O)N2CCN(C=O)CC2)CC1. The molecule has 0 saturated carbocycles. The molecule has 0 aliphatic carbocycles. The summed E-state index contributed by atoms with van der Waals surface area (Å²) in [5, 5.41) is 0. The summed E-state index contributed by atoms with van der Waals surface area (Å²) in [5.74, 6) is 0.539. The lowest BCUT2D eigenvalue weighted by Crippen LogP contribution is -2.51. The van der Waals surface area contributed by atoms with Gasteiger partial charge in [-0.15, -0.1) is 0 Å². The number of amides is 3. The van der Waals surface area contributed by atoms with Crippen LogP contribution in [0.4, 0.5) is 5.69 Å². The fourth-order valence-corrected chi connectivity index (χ4v) is 3.52. The van der Waals surface area contributed by atoms with E-state index in [1.54, 1.807) is 21.8 Å². The van der Waals surface area contributed by atoms with Gasteiger partial charge in [-0.25, -0.2) is 0 Å². The molecule has 2 aliphatic rings. The molecule has 1 aromatic rings. The zero-order valence-corrected chi connectivity index (χ0v) is 15.7. The third-order valence-corrected chi connectivity index (χ3v) is 5.18. The predicted molar refractivity (Wildman–Crippen MR) is 101 cm³/mol. The summed E-state index contributed by atoms with van der Waals surface area (Å²) in [4.78, 5) is 42.9. The Hall–Kier alpha value is -2.77. The van der Waals surface area contributed by atoms with Crippen molar-refractivity contribution in [1.29, 1.82) is 0 Å². The number of para-hydroxylation sites is 2. The van der Waals surface area contributed by atoms with Crippen LogP contribution in [0.15, 0.2) is 24.3 Å². The van der Waals surface area contributed by atoms with Crippen molar-refractivity contribution in [2.45, 2.75) is 6.42 Å². The van der Waals surface area contributed by atoms with Gasteiger partial charge >= 0.3 is 0 Å². The summed E-state index contributed by atoms with van der Waals surface area (Å²) in [5.41, 5.74) is 1.02. The molecule has 2 heterocycles. The van der Waals surface area contributed by atoms with Gasteiger partial charge in [0.25, 0.3) is 0 Å². The first-order chi connectivity index (χ1) is 13.1. The smallest absolute Gasteiger partial charge is 0.232 e. The second-order valence-corrected chi connectivity index (χ2v) is 6.74. The summed E-state index contributed by atoms with van der Waals surface area (Å²) < 4.78 is 5.41. The predicted octanol–water partition coefficient (Wildman–Crippen LogP) is 0.0345. The van der Waals surface area contributed by atoms with E-state index in [4.69, 9.17) is 4.74 Å². The van der Waals surface area contributed by atoms with Crippen molar-refractivity contribution in [2.75, 3.05) is 64.4 Å². The van der Waals surface area contributed by atoms with Crippen LogP contribution in [-0.2, 0) is 14.4 Å². The van der Waals surface area contributed by atoms with Crippen molar-refractivity contribution in [3.8, 4) is 5.75 Å². The number of nitrogens with zero attached hydrogens (tertiary/aromatic N) is 4. The number of carbonyl (C=O) groups excluding carboxylic acids is 3. The number of benzene rings is 1. The van der Waals surface area contributed by atoms with E-state index in [0.717, 1.165) is 17.8 Å². The molecular weight excluding hydrogens is 348 g/mol. The summed E-state index contributed by atoms with van der Waals surface area (Å²) in [6, 6.07) is 7.84. The van der Waals surface area contributed by atoms with Crippen LogP contribution in [0.2, 0.25) is 0 Å². The van der Waals surface area contributed by atoms with Gasteiger partial charge in [0.2, 0.25) is 18.2 Å². The Morgan fingerprint density at radius 2 is 1.48 bits per heavy atom. The molecule has 0 radical (unpaired) electrons. The molecule has 2 fully saturated rings. The van der Waals surface area contributed by atoms with Crippen molar-refractivity contribution >= 4 is 23.9 Å². The average molecular weight is 374 g/mol. The minimum absolute atomic E-state index is 0.101. The van der Waals surface area contributed by atoms with Gasteiger partial charge in [-0.2, -0.15) is 0 Å². The van der Waals surface area contributed by atoms with Gasteiger partial charge in [0, 0.05) is 52.4 Å². The maximum Gasteiger partial charge on any atom is 0.232 e. The van der Waals surface area contributed by atoms with Crippen LogP contribution in [0, 0.1) is 0 Å².